The predicted octanol–water partition coefficient (Wildman–Crippen LogP) is 2.84. The van der Waals surface area contributed by atoms with Gasteiger partial charge in [-0.05, 0) is 30.7 Å². The first-order valence-electron chi connectivity index (χ1n) is 10.7. The molecule has 1 aromatic carbocycles. The van der Waals surface area contributed by atoms with Gasteiger partial charge in [0.25, 0.3) is 0 Å². The zero-order chi connectivity index (χ0) is 20.2. The number of rotatable bonds is 6. The lowest BCUT2D eigenvalue weighted by atomic mass is 9.97. The number of morpholine rings is 1. The molecular weight excluding hydrogens is 378 g/mol. The van der Waals surface area contributed by atoms with Crippen molar-refractivity contribution in [2.24, 2.45) is 5.92 Å². The Morgan fingerprint density at radius 1 is 1.00 bits per heavy atom. The molecule has 7 heteroatoms. The maximum absolute atomic E-state index is 5.71. The lowest BCUT2D eigenvalue weighted by molar-refractivity contribution is 0.00460. The number of hydrogen-bond donors (Lipinski definition) is 1. The molecule has 3 aromatic rings. The SMILES string of the molecule is c1ccc2c(NCC(C3CCOC3)N3CCOCC3)nc(-c3ccncc3)nc2c1. The molecule has 156 valence electrons. The minimum Gasteiger partial charge on any atom is -0.381 e. The van der Waals surface area contributed by atoms with E-state index in [9.17, 15) is 0 Å². The number of para-hydroxylation sites is 1. The average molecular weight is 406 g/mol. The third-order valence-electron chi connectivity index (χ3n) is 6.04. The third kappa shape index (κ3) is 4.14. The Balaban J connectivity index is 1.44. The molecular formula is C23H27N5O2. The summed E-state index contributed by atoms with van der Waals surface area (Å²) >= 11 is 0. The molecule has 7 nitrogen and oxygen atoms in total. The normalized spacial score (nSPS) is 21.0. The van der Waals surface area contributed by atoms with Crippen molar-refractivity contribution in [1.29, 1.82) is 0 Å². The first-order chi connectivity index (χ1) is 14.9. The molecule has 0 spiro atoms. The second-order valence-electron chi connectivity index (χ2n) is 7.87. The number of fused-ring (bicyclic) bond motifs is 1. The molecule has 4 heterocycles. The van der Waals surface area contributed by atoms with Crippen LogP contribution in [-0.4, -0.2) is 72.0 Å². The summed E-state index contributed by atoms with van der Waals surface area (Å²) in [5.74, 6) is 2.12. The maximum atomic E-state index is 5.71. The van der Waals surface area contributed by atoms with Crippen molar-refractivity contribution in [1.82, 2.24) is 19.9 Å². The van der Waals surface area contributed by atoms with Gasteiger partial charge in [-0.25, -0.2) is 9.97 Å². The van der Waals surface area contributed by atoms with E-state index >= 15 is 0 Å². The smallest absolute Gasteiger partial charge is 0.162 e. The molecule has 0 bridgehead atoms. The fraction of sp³-hybridized carbons (Fsp3) is 0.435. The van der Waals surface area contributed by atoms with Gasteiger partial charge < -0.3 is 14.8 Å². The molecule has 2 aromatic heterocycles. The summed E-state index contributed by atoms with van der Waals surface area (Å²) in [6.45, 7) is 6.04. The fourth-order valence-electron chi connectivity index (χ4n) is 4.40. The Hall–Kier alpha value is -2.61. The summed E-state index contributed by atoms with van der Waals surface area (Å²) < 4.78 is 11.3. The quantitative estimate of drug-likeness (QED) is 0.676. The minimum atomic E-state index is 0.398. The highest BCUT2D eigenvalue weighted by atomic mass is 16.5. The number of aromatic nitrogens is 3. The molecule has 0 aliphatic carbocycles. The van der Waals surface area contributed by atoms with E-state index in [1.807, 2.05) is 30.3 Å². The van der Waals surface area contributed by atoms with E-state index in [-0.39, 0.29) is 0 Å². The van der Waals surface area contributed by atoms with E-state index < -0.39 is 0 Å². The van der Waals surface area contributed by atoms with Gasteiger partial charge in [-0.2, -0.15) is 0 Å². The predicted molar refractivity (Wildman–Crippen MR) is 116 cm³/mol. The van der Waals surface area contributed by atoms with Gasteiger partial charge >= 0.3 is 0 Å². The van der Waals surface area contributed by atoms with Crippen molar-refractivity contribution >= 4 is 16.7 Å². The average Bonchev–Trinajstić information content (AvgIpc) is 3.35. The van der Waals surface area contributed by atoms with E-state index in [0.717, 1.165) is 74.8 Å². The molecule has 2 atom stereocenters. The zero-order valence-electron chi connectivity index (χ0n) is 17.0. The zero-order valence-corrected chi connectivity index (χ0v) is 17.0. The van der Waals surface area contributed by atoms with Crippen LogP contribution in [0.1, 0.15) is 6.42 Å². The standard InChI is InChI=1S/C23H27N5O2/c1-2-4-20-19(3-1)23(27-22(26-20)17-5-8-24-9-6-17)25-15-21(18-7-12-30-16-18)28-10-13-29-14-11-28/h1-6,8-9,18,21H,7,10-16H2,(H,25,26,27). The van der Waals surface area contributed by atoms with Crippen LogP contribution in [0.15, 0.2) is 48.8 Å². The Bertz CT molecular complexity index is 972. The molecule has 2 aliphatic rings. The molecule has 1 N–H and O–H groups in total. The Labute approximate surface area is 176 Å². The lowest BCUT2D eigenvalue weighted by Crippen LogP contribution is -2.50. The summed E-state index contributed by atoms with van der Waals surface area (Å²) in [6.07, 6.45) is 4.65. The fourth-order valence-corrected chi connectivity index (χ4v) is 4.40. The monoisotopic (exact) mass is 405 g/mol. The lowest BCUT2D eigenvalue weighted by Gasteiger charge is -2.37. The minimum absolute atomic E-state index is 0.398. The van der Waals surface area contributed by atoms with Gasteiger partial charge in [0.05, 0.1) is 25.3 Å². The summed E-state index contributed by atoms with van der Waals surface area (Å²) in [5.41, 5.74) is 1.90. The van der Waals surface area contributed by atoms with Crippen LogP contribution >= 0.6 is 0 Å². The molecule has 2 unspecified atom stereocenters. The highest BCUT2D eigenvalue weighted by molar-refractivity contribution is 5.90. The van der Waals surface area contributed by atoms with E-state index in [0.29, 0.717) is 17.8 Å². The number of nitrogens with one attached hydrogen (secondary N) is 1. The van der Waals surface area contributed by atoms with E-state index in [4.69, 9.17) is 19.4 Å². The van der Waals surface area contributed by atoms with Crippen molar-refractivity contribution < 1.29 is 9.47 Å². The van der Waals surface area contributed by atoms with Crippen LogP contribution in [0.5, 0.6) is 0 Å². The second kappa shape index (κ2) is 9.04. The van der Waals surface area contributed by atoms with Crippen molar-refractivity contribution in [3.05, 3.63) is 48.8 Å². The van der Waals surface area contributed by atoms with Gasteiger partial charge in [0.1, 0.15) is 5.82 Å². The largest absolute Gasteiger partial charge is 0.381 e. The first-order valence-corrected chi connectivity index (χ1v) is 10.7. The van der Waals surface area contributed by atoms with Crippen molar-refractivity contribution in [3.63, 3.8) is 0 Å². The van der Waals surface area contributed by atoms with Crippen molar-refractivity contribution in [2.45, 2.75) is 12.5 Å². The summed E-state index contributed by atoms with van der Waals surface area (Å²) in [6, 6.07) is 12.5. The van der Waals surface area contributed by atoms with E-state index in [1.54, 1.807) is 12.4 Å². The van der Waals surface area contributed by atoms with Crippen LogP contribution in [0.4, 0.5) is 5.82 Å². The van der Waals surface area contributed by atoms with Crippen molar-refractivity contribution in [2.75, 3.05) is 51.4 Å². The molecule has 5 rings (SSSR count). The summed E-state index contributed by atoms with van der Waals surface area (Å²) in [4.78, 5) is 16.3. The number of benzene rings is 1. The van der Waals surface area contributed by atoms with Crippen LogP contribution in [0, 0.1) is 5.92 Å². The Kier molecular flexibility index (Phi) is 5.83. The number of nitrogens with zero attached hydrogens (tertiary/aromatic N) is 4. The first kappa shape index (κ1) is 19.4. The molecule has 2 fully saturated rings. The molecule has 0 saturated carbocycles. The second-order valence-corrected chi connectivity index (χ2v) is 7.87. The van der Waals surface area contributed by atoms with Crippen LogP contribution < -0.4 is 5.32 Å². The number of hydrogen-bond acceptors (Lipinski definition) is 7. The molecule has 0 amide bonds. The van der Waals surface area contributed by atoms with Crippen LogP contribution in [-0.2, 0) is 9.47 Å². The van der Waals surface area contributed by atoms with Gasteiger partial charge in [0.15, 0.2) is 5.82 Å². The van der Waals surface area contributed by atoms with Gasteiger partial charge in [-0.15, -0.1) is 0 Å². The molecule has 30 heavy (non-hydrogen) atoms. The topological polar surface area (TPSA) is 72.4 Å². The third-order valence-corrected chi connectivity index (χ3v) is 6.04. The molecule has 2 aliphatic heterocycles. The maximum Gasteiger partial charge on any atom is 0.162 e. The molecule has 0 radical (unpaired) electrons. The Morgan fingerprint density at radius 3 is 2.63 bits per heavy atom. The van der Waals surface area contributed by atoms with Gasteiger partial charge in [-0.1, -0.05) is 12.1 Å². The number of pyridine rings is 1. The number of ether oxygens (including phenoxy) is 2. The van der Waals surface area contributed by atoms with Gasteiger partial charge in [0, 0.05) is 61.5 Å². The summed E-state index contributed by atoms with van der Waals surface area (Å²) in [7, 11) is 0. The van der Waals surface area contributed by atoms with Gasteiger partial charge in [-0.3, -0.25) is 9.88 Å². The highest BCUT2D eigenvalue weighted by Gasteiger charge is 2.31. The number of anilines is 1. The van der Waals surface area contributed by atoms with Crippen LogP contribution in [0.3, 0.4) is 0 Å². The summed E-state index contributed by atoms with van der Waals surface area (Å²) in [5, 5.41) is 4.71. The van der Waals surface area contributed by atoms with Gasteiger partial charge in [0.2, 0.25) is 0 Å². The highest BCUT2D eigenvalue weighted by Crippen LogP contribution is 2.27. The van der Waals surface area contributed by atoms with Crippen LogP contribution in [0.25, 0.3) is 22.3 Å². The van der Waals surface area contributed by atoms with Crippen molar-refractivity contribution in [3.8, 4) is 11.4 Å². The Morgan fingerprint density at radius 2 is 1.83 bits per heavy atom. The molecule has 2 saturated heterocycles. The van der Waals surface area contributed by atoms with E-state index in [1.165, 1.54) is 0 Å². The van der Waals surface area contributed by atoms with Crippen LogP contribution in [0.2, 0.25) is 0 Å². The van der Waals surface area contributed by atoms with E-state index in [2.05, 4.69) is 21.3 Å².